The van der Waals surface area contributed by atoms with Gasteiger partial charge in [-0.15, -0.1) is 0 Å². The van der Waals surface area contributed by atoms with Crippen LogP contribution in [-0.4, -0.2) is 23.2 Å². The molecule has 23 heavy (non-hydrogen) atoms. The Kier molecular flexibility index (Phi) is 3.78. The standard InChI is InChI=1S/C19H26N2O2/c1-11-17-15(6-3-7-16(17)22)21-18(11)19(23)20-10-13-9-8-12-4-2-5-14(12)13/h12-14,21H,2-10H2,1H3,(H,20,23)/t12-,13+,14-/m0/s1. The molecule has 0 radical (unpaired) electrons. The Balaban J connectivity index is 1.44. The maximum atomic E-state index is 12.6. The molecule has 3 aliphatic carbocycles. The van der Waals surface area contributed by atoms with Gasteiger partial charge in [-0.3, -0.25) is 9.59 Å². The van der Waals surface area contributed by atoms with Crippen LogP contribution in [0.5, 0.6) is 0 Å². The Hall–Kier alpha value is -1.58. The summed E-state index contributed by atoms with van der Waals surface area (Å²) in [6.45, 7) is 2.69. The first-order valence-electron chi connectivity index (χ1n) is 9.18. The summed E-state index contributed by atoms with van der Waals surface area (Å²) in [7, 11) is 0. The number of amides is 1. The van der Waals surface area contributed by atoms with Crippen LogP contribution >= 0.6 is 0 Å². The molecule has 0 saturated heterocycles. The molecule has 1 aromatic rings. The van der Waals surface area contributed by atoms with Gasteiger partial charge in [-0.25, -0.2) is 0 Å². The third-order valence-electron chi connectivity index (χ3n) is 6.42. The fourth-order valence-electron chi connectivity index (χ4n) is 5.25. The number of aryl methyl sites for hydroxylation is 1. The van der Waals surface area contributed by atoms with Gasteiger partial charge >= 0.3 is 0 Å². The van der Waals surface area contributed by atoms with E-state index in [1.807, 2.05) is 6.92 Å². The van der Waals surface area contributed by atoms with Crippen molar-refractivity contribution in [2.24, 2.45) is 17.8 Å². The maximum Gasteiger partial charge on any atom is 0.268 e. The average molecular weight is 314 g/mol. The molecule has 4 rings (SSSR count). The summed E-state index contributed by atoms with van der Waals surface area (Å²) in [5.74, 6) is 2.54. The molecule has 0 bridgehead atoms. The van der Waals surface area contributed by atoms with Crippen molar-refractivity contribution in [1.29, 1.82) is 0 Å². The molecular weight excluding hydrogens is 288 g/mol. The molecule has 0 aromatic carbocycles. The van der Waals surface area contributed by atoms with E-state index in [2.05, 4.69) is 10.3 Å². The minimum absolute atomic E-state index is 0.0360. The Morgan fingerprint density at radius 3 is 2.87 bits per heavy atom. The monoisotopic (exact) mass is 314 g/mol. The summed E-state index contributed by atoms with van der Waals surface area (Å²) in [6, 6.07) is 0. The molecule has 1 amide bonds. The average Bonchev–Trinajstić information content (AvgIpc) is 3.20. The van der Waals surface area contributed by atoms with E-state index in [1.165, 1.54) is 32.1 Å². The number of hydrogen-bond donors (Lipinski definition) is 2. The number of Topliss-reactive ketones (excluding diaryl/α,β-unsaturated/α-hetero) is 1. The number of nitrogens with one attached hydrogen (secondary N) is 2. The van der Waals surface area contributed by atoms with Gasteiger partial charge < -0.3 is 10.3 Å². The van der Waals surface area contributed by atoms with E-state index in [0.717, 1.165) is 48.0 Å². The molecule has 124 valence electrons. The minimum Gasteiger partial charge on any atom is -0.354 e. The second-order valence-corrected chi connectivity index (χ2v) is 7.66. The van der Waals surface area contributed by atoms with Gasteiger partial charge in [0.25, 0.3) is 5.91 Å². The molecule has 1 heterocycles. The van der Waals surface area contributed by atoms with Crippen LogP contribution in [0.1, 0.15) is 77.0 Å². The lowest BCUT2D eigenvalue weighted by Crippen LogP contribution is -2.31. The van der Waals surface area contributed by atoms with Gasteiger partial charge in [0.05, 0.1) is 0 Å². The maximum absolute atomic E-state index is 12.6. The number of aromatic nitrogens is 1. The quantitative estimate of drug-likeness (QED) is 0.898. The molecule has 0 unspecified atom stereocenters. The van der Waals surface area contributed by atoms with E-state index in [0.29, 0.717) is 18.0 Å². The highest BCUT2D eigenvalue weighted by Gasteiger charge is 2.39. The fraction of sp³-hybridized carbons (Fsp3) is 0.684. The van der Waals surface area contributed by atoms with Gasteiger partial charge in [0.2, 0.25) is 0 Å². The number of aromatic amines is 1. The van der Waals surface area contributed by atoms with Crippen molar-refractivity contribution in [3.63, 3.8) is 0 Å². The van der Waals surface area contributed by atoms with Crippen molar-refractivity contribution in [1.82, 2.24) is 10.3 Å². The number of fused-ring (bicyclic) bond motifs is 2. The third kappa shape index (κ3) is 2.52. The summed E-state index contributed by atoms with van der Waals surface area (Å²) < 4.78 is 0. The summed E-state index contributed by atoms with van der Waals surface area (Å²) in [5.41, 5.74) is 3.18. The lowest BCUT2D eigenvalue weighted by atomic mass is 9.92. The lowest BCUT2D eigenvalue weighted by Gasteiger charge is -2.18. The lowest BCUT2D eigenvalue weighted by molar-refractivity contribution is 0.0937. The van der Waals surface area contributed by atoms with E-state index in [4.69, 9.17) is 0 Å². The number of hydrogen-bond acceptors (Lipinski definition) is 2. The second kappa shape index (κ2) is 5.81. The van der Waals surface area contributed by atoms with Crippen LogP contribution in [0.2, 0.25) is 0 Å². The number of carbonyl (C=O) groups excluding carboxylic acids is 2. The van der Waals surface area contributed by atoms with Crippen LogP contribution in [0.15, 0.2) is 0 Å². The highest BCUT2D eigenvalue weighted by Crippen LogP contribution is 2.47. The Bertz CT molecular complexity index is 646. The van der Waals surface area contributed by atoms with Gasteiger partial charge in [-0.1, -0.05) is 12.8 Å². The number of carbonyl (C=O) groups is 2. The zero-order valence-electron chi connectivity index (χ0n) is 13.9. The van der Waals surface area contributed by atoms with E-state index < -0.39 is 0 Å². The molecule has 0 aliphatic heterocycles. The summed E-state index contributed by atoms with van der Waals surface area (Å²) in [4.78, 5) is 27.9. The highest BCUT2D eigenvalue weighted by atomic mass is 16.2. The van der Waals surface area contributed by atoms with Gasteiger partial charge in [0.1, 0.15) is 5.69 Å². The molecule has 0 spiro atoms. The first kappa shape index (κ1) is 15.0. The molecule has 4 heteroatoms. The molecule has 2 fully saturated rings. The Labute approximate surface area is 137 Å². The number of H-pyrrole nitrogens is 1. The van der Waals surface area contributed by atoms with Crippen molar-refractivity contribution in [2.75, 3.05) is 6.54 Å². The molecule has 2 N–H and O–H groups in total. The fourth-order valence-corrected chi connectivity index (χ4v) is 5.25. The van der Waals surface area contributed by atoms with Crippen LogP contribution in [0.25, 0.3) is 0 Å². The SMILES string of the molecule is Cc1c(C(=O)NC[C@H]2CC[C@@H]3CCC[C@@H]32)[nH]c2c1C(=O)CCC2. The molecule has 2 saturated carbocycles. The van der Waals surface area contributed by atoms with E-state index in [-0.39, 0.29) is 11.7 Å². The zero-order valence-corrected chi connectivity index (χ0v) is 13.9. The van der Waals surface area contributed by atoms with Crippen molar-refractivity contribution >= 4 is 11.7 Å². The van der Waals surface area contributed by atoms with Crippen LogP contribution in [0, 0.1) is 24.7 Å². The summed E-state index contributed by atoms with van der Waals surface area (Å²) >= 11 is 0. The molecule has 4 nitrogen and oxygen atoms in total. The number of ketones is 1. The van der Waals surface area contributed by atoms with Gasteiger partial charge in [-0.05, 0) is 62.3 Å². The molecule has 1 aromatic heterocycles. The van der Waals surface area contributed by atoms with Crippen molar-refractivity contribution in [2.45, 2.75) is 58.3 Å². The Morgan fingerprint density at radius 1 is 1.17 bits per heavy atom. The van der Waals surface area contributed by atoms with Gasteiger partial charge in [-0.2, -0.15) is 0 Å². The molecule has 3 aliphatic rings. The topological polar surface area (TPSA) is 62.0 Å². The third-order valence-corrected chi connectivity index (χ3v) is 6.42. The second-order valence-electron chi connectivity index (χ2n) is 7.66. The highest BCUT2D eigenvalue weighted by molar-refractivity contribution is 6.04. The van der Waals surface area contributed by atoms with Crippen molar-refractivity contribution in [3.05, 3.63) is 22.5 Å². The first-order valence-corrected chi connectivity index (χ1v) is 9.18. The largest absolute Gasteiger partial charge is 0.354 e. The predicted molar refractivity (Wildman–Crippen MR) is 88.7 cm³/mol. The van der Waals surface area contributed by atoms with E-state index in [1.54, 1.807) is 0 Å². The van der Waals surface area contributed by atoms with Crippen LogP contribution in [-0.2, 0) is 6.42 Å². The minimum atomic E-state index is -0.0360. The number of rotatable bonds is 3. The first-order chi connectivity index (χ1) is 11.1. The van der Waals surface area contributed by atoms with Crippen LogP contribution in [0.4, 0.5) is 0 Å². The summed E-state index contributed by atoms with van der Waals surface area (Å²) in [6.07, 6.45) is 9.07. The van der Waals surface area contributed by atoms with Crippen molar-refractivity contribution < 1.29 is 9.59 Å². The van der Waals surface area contributed by atoms with Gasteiger partial charge in [0, 0.05) is 24.2 Å². The predicted octanol–water partition coefficient (Wildman–Crippen LogP) is 3.40. The van der Waals surface area contributed by atoms with Crippen molar-refractivity contribution in [3.8, 4) is 0 Å². The molecule has 3 atom stereocenters. The van der Waals surface area contributed by atoms with E-state index >= 15 is 0 Å². The normalized spacial score (nSPS) is 29.4. The van der Waals surface area contributed by atoms with Crippen LogP contribution < -0.4 is 5.32 Å². The molecular formula is C19H26N2O2. The van der Waals surface area contributed by atoms with Gasteiger partial charge in [0.15, 0.2) is 5.78 Å². The Morgan fingerprint density at radius 2 is 2.04 bits per heavy atom. The summed E-state index contributed by atoms with van der Waals surface area (Å²) in [5, 5.41) is 3.14. The van der Waals surface area contributed by atoms with Crippen LogP contribution in [0.3, 0.4) is 0 Å². The van der Waals surface area contributed by atoms with E-state index in [9.17, 15) is 9.59 Å². The zero-order chi connectivity index (χ0) is 16.0. The smallest absolute Gasteiger partial charge is 0.268 e.